The van der Waals surface area contributed by atoms with E-state index in [1.807, 2.05) is 4.90 Å². The van der Waals surface area contributed by atoms with Crippen molar-refractivity contribution < 1.29 is 4.79 Å². The number of benzene rings is 1. The van der Waals surface area contributed by atoms with Crippen molar-refractivity contribution in [3.05, 3.63) is 57.8 Å². The molecule has 7 heteroatoms. The third-order valence-corrected chi connectivity index (χ3v) is 6.94. The van der Waals surface area contributed by atoms with Gasteiger partial charge in [0.15, 0.2) is 5.96 Å². The number of rotatable bonds is 9. The van der Waals surface area contributed by atoms with Crippen molar-refractivity contribution >= 4 is 23.2 Å². The van der Waals surface area contributed by atoms with E-state index in [0.29, 0.717) is 13.0 Å². The smallest absolute Gasteiger partial charge is 0.224 e. The first-order valence-electron chi connectivity index (χ1n) is 11.2. The number of guanidine groups is 1. The lowest BCUT2D eigenvalue weighted by Crippen LogP contribution is -2.44. The lowest BCUT2D eigenvalue weighted by atomic mass is 10.1. The van der Waals surface area contributed by atoms with Gasteiger partial charge in [0.1, 0.15) is 0 Å². The summed E-state index contributed by atoms with van der Waals surface area (Å²) in [6.07, 6.45) is 1.44. The molecule has 2 aromatic rings. The van der Waals surface area contributed by atoms with Crippen molar-refractivity contribution in [2.24, 2.45) is 4.99 Å². The molecule has 0 fully saturated rings. The molecule has 0 spiro atoms. The molecular weight excluding hydrogens is 406 g/mol. The van der Waals surface area contributed by atoms with Gasteiger partial charge in [-0.15, -0.1) is 11.3 Å². The van der Waals surface area contributed by atoms with Gasteiger partial charge >= 0.3 is 0 Å². The second-order valence-corrected chi connectivity index (χ2v) is 8.71. The fourth-order valence-corrected chi connectivity index (χ4v) is 5.01. The molecule has 0 radical (unpaired) electrons. The molecule has 6 nitrogen and oxygen atoms in total. The third kappa shape index (κ3) is 6.31. The van der Waals surface area contributed by atoms with E-state index in [9.17, 15) is 4.79 Å². The Bertz CT molecular complexity index is 847. The number of carbonyl (C=O) groups excluding carboxylic acids is 1. The van der Waals surface area contributed by atoms with Crippen molar-refractivity contribution in [3.8, 4) is 0 Å². The molecule has 1 aliphatic rings. The molecule has 0 saturated carbocycles. The minimum absolute atomic E-state index is 0.199. The lowest BCUT2D eigenvalue weighted by Gasteiger charge is -2.31. The fraction of sp³-hybridized carbons (Fsp3) is 0.500. The molecule has 0 bridgehead atoms. The van der Waals surface area contributed by atoms with E-state index >= 15 is 0 Å². The number of hydrogen-bond donors (Lipinski definition) is 2. The summed E-state index contributed by atoms with van der Waals surface area (Å²) in [4.78, 5) is 22.8. The first kappa shape index (κ1) is 23.3. The summed E-state index contributed by atoms with van der Waals surface area (Å²) in [5, 5.41) is 8.89. The number of nitrogens with zero attached hydrogens (tertiary/aromatic N) is 3. The number of aliphatic imine (C=N–C) groups is 1. The van der Waals surface area contributed by atoms with Gasteiger partial charge in [-0.1, -0.05) is 44.2 Å². The van der Waals surface area contributed by atoms with E-state index in [0.717, 1.165) is 45.1 Å². The van der Waals surface area contributed by atoms with Gasteiger partial charge in [-0.25, -0.2) is 0 Å². The van der Waals surface area contributed by atoms with E-state index in [-0.39, 0.29) is 11.9 Å². The highest BCUT2D eigenvalue weighted by atomic mass is 32.1. The maximum Gasteiger partial charge on any atom is 0.224 e. The first-order valence-corrected chi connectivity index (χ1v) is 12.1. The second kappa shape index (κ2) is 11.9. The van der Waals surface area contributed by atoms with Gasteiger partial charge in [0.05, 0.1) is 6.04 Å². The summed E-state index contributed by atoms with van der Waals surface area (Å²) in [6.45, 7) is 9.25. The average Bonchev–Trinajstić information content (AvgIpc) is 3.29. The molecule has 1 atom stereocenters. The van der Waals surface area contributed by atoms with Crippen LogP contribution in [0.4, 0.5) is 0 Å². The Kier molecular flexibility index (Phi) is 8.91. The zero-order valence-corrected chi connectivity index (χ0v) is 19.8. The zero-order chi connectivity index (χ0) is 22.1. The molecule has 1 aromatic carbocycles. The SMILES string of the molecule is CCN(CC)C(CNC(=NC)NCCC(=O)N1CCc2sccc2C1)c1ccccc1. The molecule has 1 amide bonds. The molecule has 3 rings (SSSR count). The van der Waals surface area contributed by atoms with Gasteiger partial charge in [0.25, 0.3) is 0 Å². The van der Waals surface area contributed by atoms with Crippen molar-refractivity contribution in [2.75, 3.05) is 39.8 Å². The van der Waals surface area contributed by atoms with E-state index in [1.54, 1.807) is 18.4 Å². The Morgan fingerprint density at radius 1 is 1.19 bits per heavy atom. The molecule has 0 aliphatic carbocycles. The van der Waals surface area contributed by atoms with Gasteiger partial charge < -0.3 is 15.5 Å². The lowest BCUT2D eigenvalue weighted by molar-refractivity contribution is -0.131. The fourth-order valence-electron chi connectivity index (χ4n) is 4.12. The molecule has 0 saturated heterocycles. The van der Waals surface area contributed by atoms with Crippen LogP contribution in [0.25, 0.3) is 0 Å². The summed E-state index contributed by atoms with van der Waals surface area (Å²) in [6, 6.07) is 13.0. The molecule has 168 valence electrons. The molecule has 31 heavy (non-hydrogen) atoms. The van der Waals surface area contributed by atoms with Crippen LogP contribution in [-0.4, -0.2) is 61.4 Å². The van der Waals surface area contributed by atoms with Crippen molar-refractivity contribution in [2.45, 2.75) is 39.3 Å². The van der Waals surface area contributed by atoms with Gasteiger partial charge in [0, 0.05) is 44.5 Å². The molecule has 1 unspecified atom stereocenters. The summed E-state index contributed by atoms with van der Waals surface area (Å²) >= 11 is 1.80. The summed E-state index contributed by atoms with van der Waals surface area (Å²) in [5.41, 5.74) is 2.60. The normalized spacial score (nSPS) is 15.0. The maximum absolute atomic E-state index is 12.6. The van der Waals surface area contributed by atoms with Crippen LogP contribution in [0.5, 0.6) is 0 Å². The Labute approximate surface area is 190 Å². The quantitative estimate of drug-likeness (QED) is 0.463. The van der Waals surface area contributed by atoms with E-state index in [2.05, 4.69) is 76.2 Å². The van der Waals surface area contributed by atoms with E-state index < -0.39 is 0 Å². The van der Waals surface area contributed by atoms with Crippen LogP contribution in [0, 0.1) is 0 Å². The molecule has 2 heterocycles. The van der Waals surface area contributed by atoms with E-state index in [4.69, 9.17) is 0 Å². The average molecular weight is 442 g/mol. The second-order valence-electron chi connectivity index (χ2n) is 7.71. The van der Waals surface area contributed by atoms with Crippen LogP contribution >= 0.6 is 11.3 Å². The first-order chi connectivity index (χ1) is 15.2. The van der Waals surface area contributed by atoms with Gasteiger partial charge in [0.2, 0.25) is 5.91 Å². The molecule has 2 N–H and O–H groups in total. The molecular formula is C24H35N5OS. The van der Waals surface area contributed by atoms with Gasteiger partial charge in [-0.3, -0.25) is 14.7 Å². The van der Waals surface area contributed by atoms with Crippen LogP contribution < -0.4 is 10.6 Å². The van der Waals surface area contributed by atoms with Crippen LogP contribution in [-0.2, 0) is 17.8 Å². The summed E-state index contributed by atoms with van der Waals surface area (Å²) in [7, 11) is 1.77. The van der Waals surface area contributed by atoms with Crippen molar-refractivity contribution in [1.29, 1.82) is 0 Å². The maximum atomic E-state index is 12.6. The number of thiophene rings is 1. The topological polar surface area (TPSA) is 60.0 Å². The monoisotopic (exact) mass is 441 g/mol. The number of nitrogens with one attached hydrogen (secondary N) is 2. The largest absolute Gasteiger partial charge is 0.356 e. The highest BCUT2D eigenvalue weighted by molar-refractivity contribution is 7.10. The number of carbonyl (C=O) groups is 1. The van der Waals surface area contributed by atoms with Gasteiger partial charge in [-0.2, -0.15) is 0 Å². The minimum Gasteiger partial charge on any atom is -0.356 e. The van der Waals surface area contributed by atoms with E-state index in [1.165, 1.54) is 16.0 Å². The van der Waals surface area contributed by atoms with Crippen molar-refractivity contribution in [1.82, 2.24) is 20.4 Å². The zero-order valence-electron chi connectivity index (χ0n) is 18.9. The third-order valence-electron chi connectivity index (χ3n) is 5.92. The number of hydrogen-bond acceptors (Lipinski definition) is 4. The number of likely N-dealkylation sites (N-methyl/N-ethyl adjacent to an activating group) is 1. The summed E-state index contributed by atoms with van der Waals surface area (Å²) < 4.78 is 0. The van der Waals surface area contributed by atoms with Crippen LogP contribution in [0.2, 0.25) is 0 Å². The molecule has 1 aromatic heterocycles. The Hall–Kier alpha value is -2.38. The number of fused-ring (bicyclic) bond motifs is 1. The van der Waals surface area contributed by atoms with Crippen LogP contribution in [0.3, 0.4) is 0 Å². The minimum atomic E-state index is 0.199. The predicted molar refractivity (Wildman–Crippen MR) is 130 cm³/mol. The Morgan fingerprint density at radius 3 is 2.68 bits per heavy atom. The summed E-state index contributed by atoms with van der Waals surface area (Å²) in [5.74, 6) is 0.935. The predicted octanol–water partition coefficient (Wildman–Crippen LogP) is 3.27. The van der Waals surface area contributed by atoms with Crippen molar-refractivity contribution in [3.63, 3.8) is 0 Å². The van der Waals surface area contributed by atoms with Gasteiger partial charge in [-0.05, 0) is 42.1 Å². The Morgan fingerprint density at radius 2 is 1.97 bits per heavy atom. The van der Waals surface area contributed by atoms with Crippen LogP contribution in [0.1, 0.15) is 42.3 Å². The van der Waals surface area contributed by atoms with Crippen LogP contribution in [0.15, 0.2) is 46.8 Å². The highest BCUT2D eigenvalue weighted by Gasteiger charge is 2.21. The standard InChI is InChI=1S/C24H35N5OS/c1-4-28(5-2)21(19-9-7-6-8-10-19)17-27-24(25-3)26-14-11-23(30)29-15-12-22-20(18-29)13-16-31-22/h6-10,13,16,21H,4-5,11-12,14-15,17-18H2,1-3H3,(H2,25,26,27). The highest BCUT2D eigenvalue weighted by Crippen LogP contribution is 2.24. The number of amides is 1. The molecule has 1 aliphatic heterocycles. The Balaban J connectivity index is 1.48.